The molecular formula is C21H5Br2N3O2S3. The van der Waals surface area contributed by atoms with E-state index in [0.717, 1.165) is 61.4 Å². The van der Waals surface area contributed by atoms with Gasteiger partial charge in [0.25, 0.3) is 11.1 Å². The van der Waals surface area contributed by atoms with Crippen molar-refractivity contribution in [2.75, 3.05) is 0 Å². The second-order valence-electron chi connectivity index (χ2n) is 7.46. The highest BCUT2D eigenvalue weighted by atomic mass is 79.9. The van der Waals surface area contributed by atoms with Crippen LogP contribution in [-0.4, -0.2) is 13.8 Å². The van der Waals surface area contributed by atoms with E-state index in [4.69, 9.17) is 4.98 Å². The number of fused-ring (bicyclic) bond motifs is 8. The minimum Gasteiger partial charge on any atom is -0.273 e. The number of hydrogen-bond acceptors (Lipinski definition) is 6. The maximum absolute atomic E-state index is 13.7. The van der Waals surface area contributed by atoms with Crippen LogP contribution in [-0.2, 0) is 0 Å². The van der Waals surface area contributed by atoms with Crippen molar-refractivity contribution in [3.63, 3.8) is 0 Å². The first-order chi connectivity index (χ1) is 15.0. The Morgan fingerprint density at radius 3 is 2.16 bits per heavy atom. The Labute approximate surface area is 199 Å². The summed E-state index contributed by atoms with van der Waals surface area (Å²) < 4.78 is 8.98. The van der Waals surface area contributed by atoms with Gasteiger partial charge in [-0.15, -0.1) is 34.0 Å². The molecule has 0 saturated carbocycles. The number of thiophene rings is 3. The zero-order valence-electron chi connectivity index (χ0n) is 15.0. The molecule has 8 aromatic rings. The van der Waals surface area contributed by atoms with Gasteiger partial charge in [-0.25, -0.2) is 0 Å². The normalized spacial score (nSPS) is 13.1. The molecule has 0 spiro atoms. The molecule has 0 aliphatic heterocycles. The van der Waals surface area contributed by atoms with Crippen molar-refractivity contribution in [1.82, 2.24) is 13.8 Å². The summed E-state index contributed by atoms with van der Waals surface area (Å²) in [5.74, 6) is 0. The van der Waals surface area contributed by atoms with E-state index < -0.39 is 0 Å². The molecule has 0 aliphatic carbocycles. The van der Waals surface area contributed by atoms with Crippen LogP contribution in [0.15, 0.2) is 47.6 Å². The topological polar surface area (TPSA) is 55.9 Å². The molecule has 0 unspecified atom stereocenters. The summed E-state index contributed by atoms with van der Waals surface area (Å²) in [5.41, 5.74) is 3.99. The maximum atomic E-state index is 13.7. The Morgan fingerprint density at radius 2 is 1.45 bits per heavy atom. The van der Waals surface area contributed by atoms with Gasteiger partial charge in [0.1, 0.15) is 4.70 Å². The van der Waals surface area contributed by atoms with Gasteiger partial charge in [0, 0.05) is 27.7 Å². The SMILES string of the molecule is O=c1c2sc3c4c(cnc(c24)c2cc4scc(Br)c4n12)c(=O)n1c3cc2scc(Br)c21. The number of pyridine rings is 3. The van der Waals surface area contributed by atoms with Gasteiger partial charge >= 0.3 is 0 Å². The van der Waals surface area contributed by atoms with Gasteiger partial charge in [-0.2, -0.15) is 0 Å². The van der Waals surface area contributed by atoms with Crippen molar-refractivity contribution in [1.29, 1.82) is 0 Å². The third-order valence-corrected chi connectivity index (χ3v) is 10.9. The van der Waals surface area contributed by atoms with Crippen molar-refractivity contribution in [3.05, 3.63) is 58.7 Å². The summed E-state index contributed by atoms with van der Waals surface area (Å²) in [4.78, 5) is 31.9. The highest BCUT2D eigenvalue weighted by molar-refractivity contribution is 9.11. The van der Waals surface area contributed by atoms with Crippen molar-refractivity contribution >= 4 is 128 Å². The first kappa shape index (κ1) is 17.4. The Morgan fingerprint density at radius 1 is 0.806 bits per heavy atom. The van der Waals surface area contributed by atoms with Crippen molar-refractivity contribution in [2.45, 2.75) is 0 Å². The Bertz CT molecular complexity index is 2180. The van der Waals surface area contributed by atoms with Crippen LogP contribution in [0, 0.1) is 0 Å². The fourth-order valence-electron chi connectivity index (χ4n) is 4.79. The van der Waals surface area contributed by atoms with Gasteiger partial charge in [0.2, 0.25) is 0 Å². The summed E-state index contributed by atoms with van der Waals surface area (Å²) in [7, 11) is 0. The summed E-state index contributed by atoms with van der Waals surface area (Å²) in [6.07, 6.45) is 1.67. The molecule has 8 heterocycles. The predicted molar refractivity (Wildman–Crippen MR) is 138 cm³/mol. The molecule has 0 N–H and O–H groups in total. The lowest BCUT2D eigenvalue weighted by molar-refractivity contribution is 1.19. The van der Waals surface area contributed by atoms with Crippen LogP contribution >= 0.6 is 65.9 Å². The Hall–Kier alpha value is -2.11. The first-order valence-corrected chi connectivity index (χ1v) is 13.3. The molecular weight excluding hydrogens is 582 g/mol. The smallest absolute Gasteiger partial charge is 0.273 e. The van der Waals surface area contributed by atoms with Crippen LogP contribution in [0.5, 0.6) is 0 Å². The van der Waals surface area contributed by atoms with Crippen LogP contribution in [0.25, 0.3) is 62.5 Å². The molecule has 8 rings (SSSR count). The lowest BCUT2D eigenvalue weighted by Crippen LogP contribution is -2.14. The second kappa shape index (κ2) is 5.44. The largest absolute Gasteiger partial charge is 0.273 e. The van der Waals surface area contributed by atoms with E-state index in [0.29, 0.717) is 10.1 Å². The summed E-state index contributed by atoms with van der Waals surface area (Å²) in [5, 5.41) is 6.20. The van der Waals surface area contributed by atoms with E-state index >= 15 is 0 Å². The average Bonchev–Trinajstić information content (AvgIpc) is 3.53. The van der Waals surface area contributed by atoms with Crippen molar-refractivity contribution in [2.24, 2.45) is 0 Å². The molecule has 8 aromatic heterocycles. The third kappa shape index (κ3) is 1.84. The zero-order chi connectivity index (χ0) is 20.8. The maximum Gasteiger partial charge on any atom is 0.273 e. The van der Waals surface area contributed by atoms with Crippen LogP contribution < -0.4 is 11.1 Å². The van der Waals surface area contributed by atoms with Crippen LogP contribution in [0.1, 0.15) is 0 Å². The van der Waals surface area contributed by atoms with E-state index in [2.05, 4.69) is 37.9 Å². The molecule has 0 radical (unpaired) electrons. The minimum absolute atomic E-state index is 0.0627. The van der Waals surface area contributed by atoms with Crippen molar-refractivity contribution in [3.8, 4) is 0 Å². The molecule has 0 atom stereocenters. The fraction of sp³-hybridized carbons (Fsp3) is 0. The molecule has 0 fully saturated rings. The molecule has 0 bridgehead atoms. The summed E-state index contributed by atoms with van der Waals surface area (Å²) >= 11 is 11.8. The quantitative estimate of drug-likeness (QED) is 0.187. The zero-order valence-corrected chi connectivity index (χ0v) is 20.6. The van der Waals surface area contributed by atoms with E-state index in [9.17, 15) is 9.59 Å². The second-order valence-corrected chi connectivity index (χ2v) is 12.0. The van der Waals surface area contributed by atoms with Gasteiger partial charge in [0.05, 0.1) is 56.0 Å². The van der Waals surface area contributed by atoms with E-state index in [1.807, 2.05) is 16.8 Å². The van der Waals surface area contributed by atoms with E-state index in [1.54, 1.807) is 37.7 Å². The van der Waals surface area contributed by atoms with Gasteiger partial charge in [-0.05, 0) is 44.0 Å². The third-order valence-electron chi connectivity index (χ3n) is 6.01. The van der Waals surface area contributed by atoms with Crippen LogP contribution in [0.4, 0.5) is 0 Å². The molecule has 0 amide bonds. The minimum atomic E-state index is -0.0999. The first-order valence-electron chi connectivity index (χ1n) is 9.17. The standard InChI is InChI=1S/C21H5Br2N3O2S3/c22-7-4-29-11-1-9-15-14-13-6(3-24-15)20(27)26-10(2-12-17(26)8(23)5-30-12)18(13)31-19(14)21(28)25(9)16(7)11/h1-5H. The van der Waals surface area contributed by atoms with Crippen molar-refractivity contribution < 1.29 is 0 Å². The monoisotopic (exact) mass is 585 g/mol. The average molecular weight is 587 g/mol. The van der Waals surface area contributed by atoms with Gasteiger partial charge in [-0.1, -0.05) is 0 Å². The highest BCUT2D eigenvalue weighted by Gasteiger charge is 2.25. The Balaban J connectivity index is 1.75. The number of rotatable bonds is 0. The lowest BCUT2D eigenvalue weighted by Gasteiger charge is -2.05. The van der Waals surface area contributed by atoms with Crippen LogP contribution in [0.3, 0.4) is 0 Å². The summed E-state index contributed by atoms with van der Waals surface area (Å²) in [6.45, 7) is 0. The highest BCUT2D eigenvalue weighted by Crippen LogP contribution is 2.44. The van der Waals surface area contributed by atoms with E-state index in [-0.39, 0.29) is 11.1 Å². The molecule has 10 heteroatoms. The Kier molecular flexibility index (Phi) is 3.06. The van der Waals surface area contributed by atoms with E-state index in [1.165, 1.54) is 11.3 Å². The lowest BCUT2D eigenvalue weighted by atomic mass is 10.1. The molecule has 0 saturated heterocycles. The molecule has 148 valence electrons. The van der Waals surface area contributed by atoms with Crippen LogP contribution in [0.2, 0.25) is 0 Å². The van der Waals surface area contributed by atoms with Gasteiger partial charge in [-0.3, -0.25) is 23.4 Å². The molecule has 5 nitrogen and oxygen atoms in total. The summed E-state index contributed by atoms with van der Waals surface area (Å²) in [6, 6.07) is 4.07. The predicted octanol–water partition coefficient (Wildman–Crippen LogP) is 6.66. The number of aromatic nitrogens is 3. The fourth-order valence-corrected chi connectivity index (χ4v) is 9.32. The number of halogens is 2. The van der Waals surface area contributed by atoms with Gasteiger partial charge < -0.3 is 0 Å². The number of hydrogen-bond donors (Lipinski definition) is 0. The molecule has 0 aliphatic rings. The molecule has 31 heavy (non-hydrogen) atoms. The molecule has 0 aromatic carbocycles. The number of nitrogens with zero attached hydrogens (tertiary/aromatic N) is 3. The van der Waals surface area contributed by atoms with Gasteiger partial charge in [0.15, 0.2) is 0 Å².